The van der Waals surface area contributed by atoms with Gasteiger partial charge in [0.1, 0.15) is 12.4 Å². The first-order valence-electron chi connectivity index (χ1n) is 12.2. The number of hydrogen-bond acceptors (Lipinski definition) is 8. The van der Waals surface area contributed by atoms with Crippen molar-refractivity contribution in [2.24, 2.45) is 0 Å². The van der Waals surface area contributed by atoms with E-state index in [2.05, 4.69) is 26.3 Å². The van der Waals surface area contributed by atoms with Crippen molar-refractivity contribution in [2.75, 3.05) is 31.1 Å². The fraction of sp³-hybridized carbons (Fsp3) is 0.259. The highest BCUT2D eigenvalue weighted by molar-refractivity contribution is 7.89. The number of nitrogens with one attached hydrogen (secondary N) is 1. The predicted octanol–water partition coefficient (Wildman–Crippen LogP) is 2.93. The Hall–Kier alpha value is -3.57. The van der Waals surface area contributed by atoms with Gasteiger partial charge in [0.2, 0.25) is 15.9 Å². The van der Waals surface area contributed by atoms with Crippen molar-refractivity contribution < 1.29 is 17.9 Å². The molecule has 1 fully saturated rings. The fourth-order valence-electron chi connectivity index (χ4n) is 4.86. The minimum absolute atomic E-state index is 0.202. The standard InChI is InChI=1S/C27H27N5O4S/c33-26(20-2-1-3-23(14-20)31-11-8-28-9-12-31)25-15-21-17-32(18-22(21)16-30-25)37(34,35)24-6-4-19(5-7-24)27-29-10-13-36-27/h1-7,10,13-16,26,28,33H,8-9,11-12,17-18H2/t26-/m1/s1. The van der Waals surface area contributed by atoms with E-state index in [0.29, 0.717) is 17.1 Å². The molecule has 0 unspecified atom stereocenters. The first-order chi connectivity index (χ1) is 18.0. The summed E-state index contributed by atoms with van der Waals surface area (Å²) < 4.78 is 33.4. The van der Waals surface area contributed by atoms with Gasteiger partial charge in [0.05, 0.1) is 16.8 Å². The van der Waals surface area contributed by atoms with Crippen molar-refractivity contribution in [1.29, 1.82) is 0 Å². The van der Waals surface area contributed by atoms with Gasteiger partial charge in [-0.05, 0) is 59.2 Å². The van der Waals surface area contributed by atoms with Crippen molar-refractivity contribution in [3.05, 3.63) is 95.6 Å². The summed E-state index contributed by atoms with van der Waals surface area (Å²) in [7, 11) is -3.71. The van der Waals surface area contributed by atoms with Gasteiger partial charge in [-0.3, -0.25) is 4.98 Å². The molecule has 4 heterocycles. The van der Waals surface area contributed by atoms with Gasteiger partial charge in [0.25, 0.3) is 0 Å². The van der Waals surface area contributed by atoms with Crippen molar-refractivity contribution in [1.82, 2.24) is 19.6 Å². The molecule has 37 heavy (non-hydrogen) atoms. The number of oxazole rings is 1. The van der Waals surface area contributed by atoms with Crippen LogP contribution in [0.1, 0.15) is 28.5 Å². The first-order valence-corrected chi connectivity index (χ1v) is 13.6. The summed E-state index contributed by atoms with van der Waals surface area (Å²) in [4.78, 5) is 11.1. The highest BCUT2D eigenvalue weighted by Gasteiger charge is 2.31. The summed E-state index contributed by atoms with van der Waals surface area (Å²) in [6.07, 6.45) is 3.80. The molecule has 1 atom stereocenters. The molecule has 0 spiro atoms. The van der Waals surface area contributed by atoms with Crippen LogP contribution in [-0.4, -0.2) is 54.0 Å². The van der Waals surface area contributed by atoms with E-state index < -0.39 is 16.1 Å². The summed E-state index contributed by atoms with van der Waals surface area (Å²) in [6.45, 7) is 4.17. The summed E-state index contributed by atoms with van der Waals surface area (Å²) in [5.74, 6) is 0.438. The average molecular weight is 518 g/mol. The molecule has 2 aliphatic rings. The maximum Gasteiger partial charge on any atom is 0.243 e. The number of anilines is 1. The molecule has 190 valence electrons. The van der Waals surface area contributed by atoms with Crippen LogP contribution in [0, 0.1) is 0 Å². The summed E-state index contributed by atoms with van der Waals surface area (Å²) >= 11 is 0. The number of nitrogens with zero attached hydrogens (tertiary/aromatic N) is 4. The Bertz CT molecular complexity index is 1500. The number of aliphatic hydroxyl groups is 1. The predicted molar refractivity (Wildman–Crippen MR) is 138 cm³/mol. The van der Waals surface area contributed by atoms with Crippen molar-refractivity contribution in [2.45, 2.75) is 24.1 Å². The van der Waals surface area contributed by atoms with Gasteiger partial charge in [-0.1, -0.05) is 12.1 Å². The quantitative estimate of drug-likeness (QED) is 0.402. The molecule has 0 saturated carbocycles. The highest BCUT2D eigenvalue weighted by Crippen LogP contribution is 2.32. The molecule has 10 heteroatoms. The number of sulfonamides is 1. The second-order valence-electron chi connectivity index (χ2n) is 9.25. The van der Waals surface area contributed by atoms with Gasteiger partial charge in [-0.25, -0.2) is 13.4 Å². The minimum Gasteiger partial charge on any atom is -0.445 e. The largest absolute Gasteiger partial charge is 0.445 e. The Morgan fingerprint density at radius 1 is 0.973 bits per heavy atom. The second-order valence-corrected chi connectivity index (χ2v) is 11.2. The number of pyridine rings is 1. The summed E-state index contributed by atoms with van der Waals surface area (Å²) in [5, 5.41) is 14.5. The lowest BCUT2D eigenvalue weighted by atomic mass is 10.0. The van der Waals surface area contributed by atoms with Crippen molar-refractivity contribution in [3.63, 3.8) is 0 Å². The maximum atomic E-state index is 13.3. The number of rotatable bonds is 6. The second kappa shape index (κ2) is 9.71. The lowest BCUT2D eigenvalue weighted by Crippen LogP contribution is -2.43. The highest BCUT2D eigenvalue weighted by atomic mass is 32.2. The van der Waals surface area contributed by atoms with Crippen LogP contribution in [0.2, 0.25) is 0 Å². The third kappa shape index (κ3) is 4.64. The number of aromatic nitrogens is 2. The van der Waals surface area contributed by atoms with Crippen LogP contribution in [0.25, 0.3) is 11.5 Å². The van der Waals surface area contributed by atoms with E-state index in [1.807, 2.05) is 24.3 Å². The van der Waals surface area contributed by atoms with E-state index in [1.54, 1.807) is 36.7 Å². The smallest absolute Gasteiger partial charge is 0.243 e. The van der Waals surface area contributed by atoms with E-state index >= 15 is 0 Å². The Balaban J connectivity index is 1.19. The zero-order valence-corrected chi connectivity index (χ0v) is 20.9. The van der Waals surface area contributed by atoms with E-state index in [9.17, 15) is 13.5 Å². The van der Waals surface area contributed by atoms with E-state index in [-0.39, 0.29) is 18.0 Å². The van der Waals surface area contributed by atoms with Crippen LogP contribution in [0.3, 0.4) is 0 Å². The number of benzene rings is 2. The van der Waals surface area contributed by atoms with E-state index in [0.717, 1.165) is 48.6 Å². The lowest BCUT2D eigenvalue weighted by molar-refractivity contribution is 0.215. The van der Waals surface area contributed by atoms with Crippen molar-refractivity contribution in [3.8, 4) is 11.5 Å². The molecule has 0 bridgehead atoms. The SMILES string of the molecule is O=S(=O)(c1ccc(-c2ncco2)cc1)N1Cc2cnc([C@H](O)c3cccc(N4CCNCC4)c3)cc2C1. The maximum absolute atomic E-state index is 13.3. The van der Waals surface area contributed by atoms with Crippen LogP contribution in [0.4, 0.5) is 5.69 Å². The zero-order chi connectivity index (χ0) is 25.4. The van der Waals surface area contributed by atoms with Gasteiger partial charge < -0.3 is 19.7 Å². The minimum atomic E-state index is -3.71. The number of hydrogen-bond donors (Lipinski definition) is 2. The number of fused-ring (bicyclic) bond motifs is 1. The number of piperazine rings is 1. The molecule has 1 saturated heterocycles. The molecule has 2 aliphatic heterocycles. The topological polar surface area (TPSA) is 112 Å². The molecule has 0 amide bonds. The monoisotopic (exact) mass is 517 g/mol. The zero-order valence-electron chi connectivity index (χ0n) is 20.1. The van der Waals surface area contributed by atoms with E-state index in [4.69, 9.17) is 4.42 Å². The van der Waals surface area contributed by atoms with Crippen LogP contribution >= 0.6 is 0 Å². The molecule has 2 N–H and O–H groups in total. The Labute approximate surface area is 215 Å². The molecular weight excluding hydrogens is 490 g/mol. The Morgan fingerprint density at radius 2 is 1.76 bits per heavy atom. The van der Waals surface area contributed by atoms with Gasteiger partial charge >= 0.3 is 0 Å². The van der Waals surface area contributed by atoms with Gasteiger partial charge in [-0.15, -0.1) is 0 Å². The molecule has 2 aromatic carbocycles. The fourth-order valence-corrected chi connectivity index (χ4v) is 6.25. The average Bonchev–Trinajstić information content (AvgIpc) is 3.64. The molecule has 2 aromatic heterocycles. The molecule has 4 aromatic rings. The van der Waals surface area contributed by atoms with E-state index in [1.165, 1.54) is 10.6 Å². The molecule has 0 radical (unpaired) electrons. The summed E-state index contributed by atoms with van der Waals surface area (Å²) in [5.41, 5.74) is 4.73. The molecule has 0 aliphatic carbocycles. The third-order valence-electron chi connectivity index (χ3n) is 6.92. The van der Waals surface area contributed by atoms with Crippen LogP contribution < -0.4 is 10.2 Å². The van der Waals surface area contributed by atoms with Crippen LogP contribution in [0.15, 0.2) is 82.6 Å². The van der Waals surface area contributed by atoms with Gasteiger partial charge in [-0.2, -0.15) is 4.31 Å². The first kappa shape index (κ1) is 23.8. The van der Waals surface area contributed by atoms with Crippen LogP contribution in [-0.2, 0) is 23.1 Å². The Morgan fingerprint density at radius 3 is 2.51 bits per heavy atom. The third-order valence-corrected chi connectivity index (χ3v) is 8.72. The van der Waals surface area contributed by atoms with Gasteiger partial charge in [0.15, 0.2) is 0 Å². The molecule has 6 rings (SSSR count). The summed E-state index contributed by atoms with van der Waals surface area (Å²) in [6, 6.07) is 16.2. The van der Waals surface area contributed by atoms with Gasteiger partial charge in [0, 0.05) is 56.7 Å². The molecule has 9 nitrogen and oxygen atoms in total. The number of aliphatic hydroxyl groups excluding tert-OH is 1. The van der Waals surface area contributed by atoms with Crippen LogP contribution in [0.5, 0.6) is 0 Å². The normalized spacial score (nSPS) is 17.1. The lowest BCUT2D eigenvalue weighted by Gasteiger charge is -2.30. The Kier molecular flexibility index (Phi) is 6.25. The molecular formula is C27H27N5O4S. The van der Waals surface area contributed by atoms with Crippen molar-refractivity contribution >= 4 is 15.7 Å².